The number of amides is 1. The van der Waals surface area contributed by atoms with E-state index in [0.717, 1.165) is 12.0 Å². The normalized spacial score (nSPS) is 14.0. The van der Waals surface area contributed by atoms with E-state index in [4.69, 9.17) is 14.1 Å². The van der Waals surface area contributed by atoms with Crippen molar-refractivity contribution in [3.05, 3.63) is 59.5 Å². The lowest BCUT2D eigenvalue weighted by atomic mass is 9.95. The Morgan fingerprint density at radius 3 is 2.55 bits per heavy atom. The molecule has 3 heterocycles. The minimum Gasteiger partial charge on any atom is -0.459 e. The summed E-state index contributed by atoms with van der Waals surface area (Å²) in [6, 6.07) is 15.1. The van der Waals surface area contributed by atoms with Gasteiger partial charge in [0.25, 0.3) is 5.89 Å². The van der Waals surface area contributed by atoms with E-state index in [2.05, 4.69) is 24.0 Å². The fourth-order valence-corrected chi connectivity index (χ4v) is 4.13. The molecule has 1 aliphatic rings. The summed E-state index contributed by atoms with van der Waals surface area (Å²) < 4.78 is 11.2. The zero-order valence-corrected chi connectivity index (χ0v) is 18.5. The number of furan rings is 1. The second-order valence-electron chi connectivity index (χ2n) is 8.09. The molecule has 0 atom stereocenters. The first kappa shape index (κ1) is 22.2. The van der Waals surface area contributed by atoms with Gasteiger partial charge in [-0.15, -0.1) is 0 Å². The fourth-order valence-electron chi connectivity index (χ4n) is 4.13. The van der Waals surface area contributed by atoms with Crippen LogP contribution in [0.5, 0.6) is 0 Å². The predicted molar refractivity (Wildman–Crippen MR) is 121 cm³/mol. The van der Waals surface area contributed by atoms with Crippen molar-refractivity contribution < 1.29 is 13.6 Å². The monoisotopic (exact) mass is 443 g/mol. The number of hydrogen-bond donors (Lipinski definition) is 0. The number of piperidine rings is 1. The second kappa shape index (κ2) is 10.1. The molecule has 8 nitrogen and oxygen atoms in total. The molecule has 1 amide bonds. The van der Waals surface area contributed by atoms with Crippen LogP contribution < -0.4 is 4.90 Å². The summed E-state index contributed by atoms with van der Waals surface area (Å²) in [4.78, 5) is 21.4. The molecule has 0 unspecified atom stereocenters. The standard InChI is InChI=1S/C25H25N5O3/c1-2-11-30(17-19-7-5-18(15-26)6-8-19)24(31)20-9-12-29(13-10-20)25-21(16-27)28-23(33-25)22-4-3-14-32-22/h3-8,14,20H,2,9-13,17H2,1H3. The molecule has 0 saturated carbocycles. The number of carbonyl (C=O) groups is 1. The molecule has 4 rings (SSSR count). The Hall–Kier alpha value is -4.04. The van der Waals surface area contributed by atoms with Gasteiger partial charge < -0.3 is 18.6 Å². The molecule has 2 aromatic heterocycles. The maximum atomic E-state index is 13.3. The van der Waals surface area contributed by atoms with Crippen molar-refractivity contribution in [1.82, 2.24) is 9.88 Å². The van der Waals surface area contributed by atoms with Crippen molar-refractivity contribution in [3.63, 3.8) is 0 Å². The number of nitriles is 2. The molecular weight excluding hydrogens is 418 g/mol. The van der Waals surface area contributed by atoms with Crippen molar-refractivity contribution in [3.8, 4) is 23.8 Å². The second-order valence-corrected chi connectivity index (χ2v) is 8.09. The van der Waals surface area contributed by atoms with Crippen LogP contribution >= 0.6 is 0 Å². The lowest BCUT2D eigenvalue weighted by molar-refractivity contribution is -0.136. The maximum Gasteiger partial charge on any atom is 0.266 e. The van der Waals surface area contributed by atoms with Crippen LogP contribution in [0.2, 0.25) is 0 Å². The van der Waals surface area contributed by atoms with E-state index in [1.54, 1.807) is 24.3 Å². The van der Waals surface area contributed by atoms with Crippen LogP contribution in [-0.2, 0) is 11.3 Å². The van der Waals surface area contributed by atoms with E-state index < -0.39 is 0 Å². The number of oxazole rings is 1. The molecule has 0 spiro atoms. The fraction of sp³-hybridized carbons (Fsp3) is 0.360. The van der Waals surface area contributed by atoms with Gasteiger partial charge in [0.2, 0.25) is 17.5 Å². The largest absolute Gasteiger partial charge is 0.459 e. The van der Waals surface area contributed by atoms with Crippen LogP contribution in [0, 0.1) is 28.6 Å². The third-order valence-corrected chi connectivity index (χ3v) is 5.84. The lowest BCUT2D eigenvalue weighted by Crippen LogP contribution is -2.42. The Kier molecular flexibility index (Phi) is 6.75. The van der Waals surface area contributed by atoms with Gasteiger partial charge in [0, 0.05) is 32.1 Å². The first-order valence-electron chi connectivity index (χ1n) is 11.1. The van der Waals surface area contributed by atoms with Gasteiger partial charge in [0.15, 0.2) is 5.76 Å². The van der Waals surface area contributed by atoms with Crippen molar-refractivity contribution in [2.45, 2.75) is 32.7 Å². The first-order valence-corrected chi connectivity index (χ1v) is 11.1. The van der Waals surface area contributed by atoms with Gasteiger partial charge >= 0.3 is 0 Å². The number of anilines is 1. The molecule has 1 aromatic carbocycles. The number of carbonyl (C=O) groups excluding carboxylic acids is 1. The molecule has 168 valence electrons. The topological polar surface area (TPSA) is 110 Å². The Labute approximate surface area is 192 Å². The molecule has 1 fully saturated rings. The Morgan fingerprint density at radius 1 is 1.18 bits per heavy atom. The minimum atomic E-state index is -0.0795. The molecule has 0 aliphatic carbocycles. The molecule has 8 heteroatoms. The number of nitrogens with zero attached hydrogens (tertiary/aromatic N) is 5. The molecule has 0 radical (unpaired) electrons. The van der Waals surface area contributed by atoms with Gasteiger partial charge in [-0.25, -0.2) is 0 Å². The first-order chi connectivity index (χ1) is 16.1. The molecule has 0 bridgehead atoms. The maximum absolute atomic E-state index is 13.3. The van der Waals surface area contributed by atoms with Crippen molar-refractivity contribution in [1.29, 1.82) is 10.5 Å². The van der Waals surface area contributed by atoms with Crippen molar-refractivity contribution >= 4 is 11.8 Å². The average Bonchev–Trinajstić information content (AvgIpc) is 3.54. The number of hydrogen-bond acceptors (Lipinski definition) is 7. The highest BCUT2D eigenvalue weighted by Crippen LogP contribution is 2.31. The zero-order chi connectivity index (χ0) is 23.2. The van der Waals surface area contributed by atoms with E-state index in [0.29, 0.717) is 56.2 Å². The van der Waals surface area contributed by atoms with Crippen LogP contribution in [0.3, 0.4) is 0 Å². The van der Waals surface area contributed by atoms with Gasteiger partial charge in [-0.3, -0.25) is 4.79 Å². The number of rotatable bonds is 7. The molecule has 1 aliphatic heterocycles. The molecule has 1 saturated heterocycles. The smallest absolute Gasteiger partial charge is 0.266 e. The third kappa shape index (κ3) is 4.91. The molecule has 3 aromatic rings. The van der Waals surface area contributed by atoms with E-state index in [9.17, 15) is 10.1 Å². The minimum absolute atomic E-state index is 0.0795. The lowest BCUT2D eigenvalue weighted by Gasteiger charge is -2.34. The third-order valence-electron chi connectivity index (χ3n) is 5.84. The van der Waals surface area contributed by atoms with Crippen molar-refractivity contribution in [2.24, 2.45) is 5.92 Å². The van der Waals surface area contributed by atoms with Crippen LogP contribution in [0.25, 0.3) is 11.7 Å². The van der Waals surface area contributed by atoms with Crippen molar-refractivity contribution in [2.75, 3.05) is 24.5 Å². The summed E-state index contributed by atoms with van der Waals surface area (Å²) in [5.74, 6) is 1.25. The zero-order valence-electron chi connectivity index (χ0n) is 18.5. The predicted octanol–water partition coefficient (Wildman–Crippen LogP) is 4.33. The quantitative estimate of drug-likeness (QED) is 0.534. The summed E-state index contributed by atoms with van der Waals surface area (Å²) in [6.07, 6.45) is 3.75. The average molecular weight is 444 g/mol. The summed E-state index contributed by atoms with van der Waals surface area (Å²) in [5.41, 5.74) is 1.84. The Morgan fingerprint density at radius 2 is 1.94 bits per heavy atom. The Bertz CT molecular complexity index is 1160. The van der Waals surface area contributed by atoms with E-state index >= 15 is 0 Å². The van der Waals surface area contributed by atoms with Gasteiger partial charge in [0.1, 0.15) is 6.07 Å². The van der Waals surface area contributed by atoms with Crippen LogP contribution in [-0.4, -0.2) is 35.4 Å². The van der Waals surface area contributed by atoms with Gasteiger partial charge in [-0.2, -0.15) is 15.5 Å². The van der Waals surface area contributed by atoms with Crippen LogP contribution in [0.15, 0.2) is 51.5 Å². The summed E-state index contributed by atoms with van der Waals surface area (Å²) in [6.45, 7) is 4.49. The molecule has 33 heavy (non-hydrogen) atoms. The van der Waals surface area contributed by atoms with Crippen LogP contribution in [0.1, 0.15) is 43.0 Å². The van der Waals surface area contributed by atoms with E-state index in [1.807, 2.05) is 21.9 Å². The van der Waals surface area contributed by atoms with Crippen LogP contribution in [0.4, 0.5) is 5.88 Å². The number of benzene rings is 1. The van der Waals surface area contributed by atoms with Gasteiger partial charge in [-0.1, -0.05) is 19.1 Å². The highest BCUT2D eigenvalue weighted by Gasteiger charge is 2.31. The number of aromatic nitrogens is 1. The SMILES string of the molecule is CCCN(Cc1ccc(C#N)cc1)C(=O)C1CCN(c2oc(-c3ccco3)nc2C#N)CC1. The summed E-state index contributed by atoms with van der Waals surface area (Å²) in [7, 11) is 0. The highest BCUT2D eigenvalue weighted by atomic mass is 16.4. The van der Waals surface area contributed by atoms with Gasteiger partial charge in [-0.05, 0) is 49.1 Å². The molecular formula is C25H25N5O3. The summed E-state index contributed by atoms with van der Waals surface area (Å²) in [5, 5.41) is 18.5. The summed E-state index contributed by atoms with van der Waals surface area (Å²) >= 11 is 0. The molecule has 0 N–H and O–H groups in total. The van der Waals surface area contributed by atoms with E-state index in [1.165, 1.54) is 6.26 Å². The van der Waals surface area contributed by atoms with Gasteiger partial charge in [0.05, 0.1) is 17.9 Å². The Balaban J connectivity index is 1.41. The highest BCUT2D eigenvalue weighted by molar-refractivity contribution is 5.79. The van der Waals surface area contributed by atoms with E-state index in [-0.39, 0.29) is 23.4 Å².